The van der Waals surface area contributed by atoms with Gasteiger partial charge in [0.05, 0.1) is 13.2 Å². The van der Waals surface area contributed by atoms with Crippen LogP contribution in [0.4, 0.5) is 0 Å². The van der Waals surface area contributed by atoms with Gasteiger partial charge >= 0.3 is 0 Å². The molecule has 0 aliphatic rings. The molecule has 1 aromatic rings. The van der Waals surface area contributed by atoms with Crippen molar-refractivity contribution >= 4 is 17.2 Å². The van der Waals surface area contributed by atoms with Crippen LogP contribution in [0.25, 0.3) is 0 Å². The van der Waals surface area contributed by atoms with Gasteiger partial charge in [-0.2, -0.15) is 0 Å². The van der Waals surface area contributed by atoms with Crippen LogP contribution in [-0.2, 0) is 0 Å². The van der Waals surface area contributed by atoms with E-state index in [0.29, 0.717) is 10.7 Å². The van der Waals surface area contributed by atoms with E-state index in [1.165, 1.54) is 0 Å². The molecular weight excluding hydrogens is 222 g/mol. The third kappa shape index (κ3) is 3.38. The first kappa shape index (κ1) is 12.8. The minimum atomic E-state index is 0.159. The predicted molar refractivity (Wildman–Crippen MR) is 69.3 cm³/mol. The molecule has 0 bridgehead atoms. The van der Waals surface area contributed by atoms with Crippen molar-refractivity contribution in [1.82, 2.24) is 0 Å². The molecule has 0 aliphatic heterocycles. The standard InChI is InChI=1S/C12H17NO2S/c1-4-8(2)15-11-6-9(12(13)16)5-10(7-11)14-3/h5-8H,4H2,1-3H3,(H2,13,16). The number of rotatable bonds is 5. The average molecular weight is 239 g/mol. The summed E-state index contributed by atoms with van der Waals surface area (Å²) in [6.45, 7) is 4.08. The molecule has 1 aromatic carbocycles. The maximum atomic E-state index is 5.70. The van der Waals surface area contributed by atoms with Gasteiger partial charge in [-0.15, -0.1) is 0 Å². The normalized spacial score (nSPS) is 11.9. The molecule has 2 N–H and O–H groups in total. The second kappa shape index (κ2) is 5.70. The molecule has 0 fully saturated rings. The fourth-order valence-electron chi connectivity index (χ4n) is 1.22. The highest BCUT2D eigenvalue weighted by Gasteiger charge is 2.07. The zero-order chi connectivity index (χ0) is 12.1. The molecule has 0 amide bonds. The Morgan fingerprint density at radius 3 is 2.50 bits per heavy atom. The van der Waals surface area contributed by atoms with E-state index in [9.17, 15) is 0 Å². The van der Waals surface area contributed by atoms with Gasteiger partial charge in [0.1, 0.15) is 16.5 Å². The number of methoxy groups -OCH3 is 1. The fourth-order valence-corrected chi connectivity index (χ4v) is 1.33. The van der Waals surface area contributed by atoms with Crippen molar-refractivity contribution < 1.29 is 9.47 Å². The number of benzene rings is 1. The second-order valence-corrected chi connectivity index (χ2v) is 4.04. The zero-order valence-corrected chi connectivity index (χ0v) is 10.6. The van der Waals surface area contributed by atoms with Crippen molar-refractivity contribution in [3.05, 3.63) is 23.8 Å². The Hall–Kier alpha value is -1.29. The third-order valence-corrected chi connectivity index (χ3v) is 2.55. The monoisotopic (exact) mass is 239 g/mol. The van der Waals surface area contributed by atoms with Gasteiger partial charge in [-0.25, -0.2) is 0 Å². The van der Waals surface area contributed by atoms with E-state index >= 15 is 0 Å². The Bertz CT molecular complexity index is 379. The number of ether oxygens (including phenoxy) is 2. The highest BCUT2D eigenvalue weighted by atomic mass is 32.1. The summed E-state index contributed by atoms with van der Waals surface area (Å²) in [5.41, 5.74) is 6.35. The maximum Gasteiger partial charge on any atom is 0.124 e. The van der Waals surface area contributed by atoms with E-state index in [-0.39, 0.29) is 6.10 Å². The molecule has 1 rings (SSSR count). The topological polar surface area (TPSA) is 44.5 Å². The maximum absolute atomic E-state index is 5.70. The molecule has 0 aliphatic carbocycles. The van der Waals surface area contributed by atoms with E-state index in [1.807, 2.05) is 19.1 Å². The molecule has 1 atom stereocenters. The van der Waals surface area contributed by atoms with Crippen molar-refractivity contribution in [2.75, 3.05) is 7.11 Å². The van der Waals surface area contributed by atoms with E-state index in [1.54, 1.807) is 13.2 Å². The van der Waals surface area contributed by atoms with Crippen molar-refractivity contribution in [1.29, 1.82) is 0 Å². The molecule has 16 heavy (non-hydrogen) atoms. The molecule has 0 heterocycles. The van der Waals surface area contributed by atoms with Gasteiger partial charge in [-0.05, 0) is 25.5 Å². The van der Waals surface area contributed by atoms with Crippen LogP contribution >= 0.6 is 12.2 Å². The van der Waals surface area contributed by atoms with Gasteiger partial charge in [-0.3, -0.25) is 0 Å². The quantitative estimate of drug-likeness (QED) is 0.802. The van der Waals surface area contributed by atoms with Gasteiger partial charge in [0.25, 0.3) is 0 Å². The Kier molecular flexibility index (Phi) is 4.55. The van der Waals surface area contributed by atoms with Crippen LogP contribution in [0.3, 0.4) is 0 Å². The SMILES string of the molecule is CCC(C)Oc1cc(OC)cc(C(N)=S)c1. The third-order valence-electron chi connectivity index (χ3n) is 2.31. The molecule has 0 saturated carbocycles. The van der Waals surface area contributed by atoms with Crippen LogP contribution in [-0.4, -0.2) is 18.2 Å². The lowest BCUT2D eigenvalue weighted by Gasteiger charge is -2.14. The summed E-state index contributed by atoms with van der Waals surface area (Å²) >= 11 is 4.94. The summed E-state index contributed by atoms with van der Waals surface area (Å²) in [6, 6.07) is 5.46. The molecule has 1 unspecified atom stereocenters. The van der Waals surface area contributed by atoms with Crippen molar-refractivity contribution in [3.8, 4) is 11.5 Å². The van der Waals surface area contributed by atoms with Crippen molar-refractivity contribution in [2.45, 2.75) is 26.4 Å². The highest BCUT2D eigenvalue weighted by Crippen LogP contribution is 2.24. The Morgan fingerprint density at radius 1 is 1.38 bits per heavy atom. The average Bonchev–Trinajstić information content (AvgIpc) is 2.28. The van der Waals surface area contributed by atoms with E-state index in [0.717, 1.165) is 17.7 Å². The Balaban J connectivity index is 2.99. The van der Waals surface area contributed by atoms with Gasteiger partial charge < -0.3 is 15.2 Å². The van der Waals surface area contributed by atoms with Crippen LogP contribution < -0.4 is 15.2 Å². The number of thiocarbonyl (C=S) groups is 1. The molecule has 0 aromatic heterocycles. The summed E-state index contributed by atoms with van der Waals surface area (Å²) in [7, 11) is 1.60. The lowest BCUT2D eigenvalue weighted by molar-refractivity contribution is 0.216. The van der Waals surface area contributed by atoms with Crippen molar-refractivity contribution in [3.63, 3.8) is 0 Å². The zero-order valence-electron chi connectivity index (χ0n) is 9.82. The molecule has 0 radical (unpaired) electrons. The lowest BCUT2D eigenvalue weighted by Crippen LogP contribution is -2.12. The largest absolute Gasteiger partial charge is 0.497 e. The predicted octanol–water partition coefficient (Wildman–Crippen LogP) is 2.51. The minimum absolute atomic E-state index is 0.159. The first-order chi connectivity index (χ1) is 7.56. The van der Waals surface area contributed by atoms with Crippen LogP contribution in [0.2, 0.25) is 0 Å². The van der Waals surface area contributed by atoms with E-state index < -0.39 is 0 Å². The minimum Gasteiger partial charge on any atom is -0.497 e. The molecule has 0 saturated heterocycles. The molecule has 88 valence electrons. The molecule has 0 spiro atoms. The van der Waals surface area contributed by atoms with Gasteiger partial charge in [0.2, 0.25) is 0 Å². The van der Waals surface area contributed by atoms with Crippen LogP contribution in [0.15, 0.2) is 18.2 Å². The summed E-state index contributed by atoms with van der Waals surface area (Å²) in [4.78, 5) is 0.341. The van der Waals surface area contributed by atoms with E-state index in [2.05, 4.69) is 6.92 Å². The molecular formula is C12H17NO2S. The van der Waals surface area contributed by atoms with Crippen LogP contribution in [0.5, 0.6) is 11.5 Å². The van der Waals surface area contributed by atoms with Crippen LogP contribution in [0.1, 0.15) is 25.8 Å². The Morgan fingerprint density at radius 2 is 2.00 bits per heavy atom. The van der Waals surface area contributed by atoms with Crippen molar-refractivity contribution in [2.24, 2.45) is 5.73 Å². The van der Waals surface area contributed by atoms with E-state index in [4.69, 9.17) is 27.4 Å². The summed E-state index contributed by atoms with van der Waals surface area (Å²) in [6.07, 6.45) is 1.10. The summed E-state index contributed by atoms with van der Waals surface area (Å²) < 4.78 is 10.9. The smallest absolute Gasteiger partial charge is 0.124 e. The highest BCUT2D eigenvalue weighted by molar-refractivity contribution is 7.80. The number of hydrogen-bond donors (Lipinski definition) is 1. The van der Waals surface area contributed by atoms with Crippen LogP contribution in [0, 0.1) is 0 Å². The number of hydrogen-bond acceptors (Lipinski definition) is 3. The first-order valence-electron chi connectivity index (χ1n) is 5.22. The Labute approximate surface area is 102 Å². The summed E-state index contributed by atoms with van der Waals surface area (Å²) in [5.74, 6) is 1.43. The lowest BCUT2D eigenvalue weighted by atomic mass is 10.2. The second-order valence-electron chi connectivity index (χ2n) is 3.60. The fraction of sp³-hybridized carbons (Fsp3) is 0.417. The van der Waals surface area contributed by atoms with Gasteiger partial charge in [0.15, 0.2) is 0 Å². The molecule has 3 nitrogen and oxygen atoms in total. The van der Waals surface area contributed by atoms with Gasteiger partial charge in [-0.1, -0.05) is 19.1 Å². The summed E-state index contributed by atoms with van der Waals surface area (Å²) in [5, 5.41) is 0. The molecule has 4 heteroatoms. The van der Waals surface area contributed by atoms with Gasteiger partial charge in [0, 0.05) is 11.6 Å². The first-order valence-corrected chi connectivity index (χ1v) is 5.63. The number of nitrogens with two attached hydrogens (primary N) is 1.